The molecule has 0 aliphatic rings. The fourth-order valence-corrected chi connectivity index (χ4v) is 3.78. The molecule has 0 fully saturated rings. The number of nitrogens with zero attached hydrogens (tertiary/aromatic N) is 3. The average molecular weight is 333 g/mol. The Kier molecular flexibility index (Phi) is 3.50. The lowest BCUT2D eigenvalue weighted by molar-refractivity contribution is 0.818. The predicted molar refractivity (Wildman–Crippen MR) is 100 cm³/mol. The van der Waals surface area contributed by atoms with Gasteiger partial charge < -0.3 is 0 Å². The van der Waals surface area contributed by atoms with Crippen LogP contribution in [-0.4, -0.2) is 15.9 Å². The highest BCUT2D eigenvalue weighted by atomic mass is 32.1. The van der Waals surface area contributed by atoms with Crippen LogP contribution in [0, 0.1) is 13.8 Å². The number of rotatable bonds is 2. The van der Waals surface area contributed by atoms with Crippen molar-refractivity contribution in [2.24, 2.45) is 5.10 Å². The van der Waals surface area contributed by atoms with Gasteiger partial charge in [0, 0.05) is 10.4 Å². The van der Waals surface area contributed by atoms with Gasteiger partial charge in [0.05, 0.1) is 11.6 Å². The first kappa shape index (κ1) is 14.8. The van der Waals surface area contributed by atoms with Crippen LogP contribution in [0.15, 0.2) is 58.7 Å². The fraction of sp³-hybridized carbons (Fsp3) is 0.105. The van der Waals surface area contributed by atoms with Gasteiger partial charge in [-0.05, 0) is 30.2 Å². The number of benzene rings is 2. The van der Waals surface area contributed by atoms with Crippen LogP contribution in [0.5, 0.6) is 0 Å². The molecule has 0 bridgehead atoms. The number of aromatic nitrogens is 2. The van der Waals surface area contributed by atoms with E-state index in [1.54, 1.807) is 17.6 Å². The van der Waals surface area contributed by atoms with Crippen LogP contribution >= 0.6 is 11.3 Å². The van der Waals surface area contributed by atoms with Crippen LogP contribution in [0.1, 0.15) is 16.0 Å². The molecule has 0 saturated heterocycles. The summed E-state index contributed by atoms with van der Waals surface area (Å²) < 4.78 is 1.31. The van der Waals surface area contributed by atoms with Crippen molar-refractivity contribution in [1.29, 1.82) is 0 Å². The van der Waals surface area contributed by atoms with Crippen LogP contribution in [0.3, 0.4) is 0 Å². The van der Waals surface area contributed by atoms with E-state index >= 15 is 0 Å². The van der Waals surface area contributed by atoms with Crippen molar-refractivity contribution in [2.45, 2.75) is 13.8 Å². The van der Waals surface area contributed by atoms with E-state index < -0.39 is 0 Å². The van der Waals surface area contributed by atoms with Crippen LogP contribution in [0.25, 0.3) is 21.0 Å². The first-order valence-electron chi connectivity index (χ1n) is 7.64. The predicted octanol–water partition coefficient (Wildman–Crippen LogP) is 4.11. The van der Waals surface area contributed by atoms with E-state index in [9.17, 15) is 4.79 Å². The summed E-state index contributed by atoms with van der Waals surface area (Å²) >= 11 is 1.54. The molecule has 4 nitrogen and oxygen atoms in total. The molecule has 2 aromatic carbocycles. The van der Waals surface area contributed by atoms with Crippen LogP contribution in [0.4, 0.5) is 0 Å². The van der Waals surface area contributed by atoms with Crippen molar-refractivity contribution in [3.63, 3.8) is 0 Å². The number of hydrogen-bond acceptors (Lipinski definition) is 4. The lowest BCUT2D eigenvalue weighted by Gasteiger charge is -2.02. The van der Waals surface area contributed by atoms with Gasteiger partial charge in [-0.2, -0.15) is 9.78 Å². The normalized spacial score (nSPS) is 11.8. The summed E-state index contributed by atoms with van der Waals surface area (Å²) in [5.74, 6) is 0. The second-order valence-electron chi connectivity index (χ2n) is 5.67. The van der Waals surface area contributed by atoms with Crippen LogP contribution in [-0.2, 0) is 0 Å². The Bertz CT molecular complexity index is 1150. The third kappa shape index (κ3) is 2.34. The molecular formula is C19H15N3OS. The third-order valence-electron chi connectivity index (χ3n) is 4.22. The molecule has 4 rings (SSSR count). The summed E-state index contributed by atoms with van der Waals surface area (Å²) in [6.07, 6.45) is 3.20. The van der Waals surface area contributed by atoms with E-state index in [1.807, 2.05) is 44.2 Å². The summed E-state index contributed by atoms with van der Waals surface area (Å²) in [5, 5.41) is 7.26. The number of fused-ring (bicyclic) bond motifs is 2. The molecule has 0 saturated carbocycles. The maximum atomic E-state index is 12.7. The molecule has 5 heteroatoms. The maximum absolute atomic E-state index is 12.7. The molecule has 118 valence electrons. The Labute approximate surface area is 142 Å². The highest BCUT2D eigenvalue weighted by Gasteiger charge is 2.11. The summed E-state index contributed by atoms with van der Waals surface area (Å²) in [6, 6.07) is 14.1. The smallest absolute Gasteiger partial charge is 0.267 e. The second-order valence-corrected chi connectivity index (χ2v) is 6.87. The first-order chi connectivity index (χ1) is 11.6. The van der Waals surface area contributed by atoms with E-state index in [0.717, 1.165) is 31.6 Å². The number of thiophene rings is 1. The largest absolute Gasteiger partial charge is 0.282 e. The van der Waals surface area contributed by atoms with Crippen molar-refractivity contribution in [3.8, 4) is 0 Å². The van der Waals surface area contributed by atoms with Gasteiger partial charge in [0.25, 0.3) is 5.56 Å². The third-order valence-corrected chi connectivity index (χ3v) is 5.33. The Morgan fingerprint density at radius 1 is 1.12 bits per heavy atom. The minimum Gasteiger partial charge on any atom is -0.267 e. The second kappa shape index (κ2) is 5.69. The summed E-state index contributed by atoms with van der Waals surface area (Å²) in [5.41, 5.74) is 1.83. The van der Waals surface area contributed by atoms with Crippen molar-refractivity contribution < 1.29 is 0 Å². The molecular weight excluding hydrogens is 318 g/mol. The van der Waals surface area contributed by atoms with E-state index in [-0.39, 0.29) is 5.56 Å². The standard InChI is InChI=1S/C19H15N3OS/c1-12-13(2)24-18-17(12)19(23)22(11-20-18)21-10-15-8-5-7-14-6-3-4-9-16(14)15/h3-11H,1-2H3/b21-10-. The van der Waals surface area contributed by atoms with Crippen LogP contribution in [0.2, 0.25) is 0 Å². The molecule has 2 aromatic heterocycles. The molecule has 0 unspecified atom stereocenters. The van der Waals surface area contributed by atoms with E-state index in [4.69, 9.17) is 0 Å². The van der Waals surface area contributed by atoms with Gasteiger partial charge in [-0.1, -0.05) is 42.5 Å². The van der Waals surface area contributed by atoms with E-state index in [2.05, 4.69) is 22.2 Å². The molecule has 0 atom stereocenters. The lowest BCUT2D eigenvalue weighted by atomic mass is 10.1. The van der Waals surface area contributed by atoms with E-state index in [1.165, 1.54) is 11.0 Å². The minimum absolute atomic E-state index is 0.127. The molecule has 4 aromatic rings. The van der Waals surface area contributed by atoms with E-state index in [0.29, 0.717) is 5.39 Å². The summed E-state index contributed by atoms with van der Waals surface area (Å²) in [7, 11) is 0. The number of hydrogen-bond donors (Lipinski definition) is 0. The molecule has 24 heavy (non-hydrogen) atoms. The van der Waals surface area contributed by atoms with Gasteiger partial charge in [-0.3, -0.25) is 4.79 Å². The van der Waals surface area contributed by atoms with Gasteiger partial charge in [0.1, 0.15) is 11.2 Å². The molecule has 0 aliphatic carbocycles. The fourth-order valence-electron chi connectivity index (χ4n) is 2.80. The van der Waals surface area contributed by atoms with Gasteiger partial charge in [-0.15, -0.1) is 11.3 Å². The summed E-state index contributed by atoms with van der Waals surface area (Å²) in [4.78, 5) is 18.9. The quantitative estimate of drug-likeness (QED) is 0.518. The Hall–Kier alpha value is -2.79. The highest BCUT2D eigenvalue weighted by Crippen LogP contribution is 2.25. The monoisotopic (exact) mass is 333 g/mol. The van der Waals surface area contributed by atoms with Gasteiger partial charge in [-0.25, -0.2) is 4.98 Å². The molecule has 2 heterocycles. The Morgan fingerprint density at radius 3 is 2.79 bits per heavy atom. The highest BCUT2D eigenvalue weighted by molar-refractivity contribution is 7.18. The Morgan fingerprint density at radius 2 is 1.92 bits per heavy atom. The minimum atomic E-state index is -0.127. The number of aryl methyl sites for hydroxylation is 2. The van der Waals surface area contributed by atoms with Gasteiger partial charge in [0.15, 0.2) is 0 Å². The SMILES string of the molecule is Cc1sc2ncn(/N=C\c3cccc4ccccc34)c(=O)c2c1C. The topological polar surface area (TPSA) is 47.2 Å². The van der Waals surface area contributed by atoms with Crippen molar-refractivity contribution in [3.05, 3.63) is 75.1 Å². The van der Waals surface area contributed by atoms with Crippen LogP contribution < -0.4 is 5.56 Å². The lowest BCUT2D eigenvalue weighted by Crippen LogP contribution is -2.17. The molecule has 0 aliphatic heterocycles. The Balaban J connectivity index is 1.84. The van der Waals surface area contributed by atoms with Crippen molar-refractivity contribution in [2.75, 3.05) is 0 Å². The van der Waals surface area contributed by atoms with Crippen molar-refractivity contribution >= 4 is 38.5 Å². The maximum Gasteiger partial charge on any atom is 0.282 e. The molecule has 0 N–H and O–H groups in total. The molecule has 0 spiro atoms. The summed E-state index contributed by atoms with van der Waals surface area (Å²) in [6.45, 7) is 3.96. The van der Waals surface area contributed by atoms with Crippen molar-refractivity contribution in [1.82, 2.24) is 9.66 Å². The van der Waals surface area contributed by atoms with Gasteiger partial charge >= 0.3 is 0 Å². The molecule has 0 amide bonds. The first-order valence-corrected chi connectivity index (χ1v) is 8.46. The zero-order valence-corrected chi connectivity index (χ0v) is 14.2. The molecule has 0 radical (unpaired) electrons. The zero-order valence-electron chi connectivity index (χ0n) is 13.4. The average Bonchev–Trinajstić information content (AvgIpc) is 2.89. The zero-order chi connectivity index (χ0) is 16.7. The van der Waals surface area contributed by atoms with Gasteiger partial charge in [0.2, 0.25) is 0 Å².